The van der Waals surface area contributed by atoms with E-state index in [-0.39, 0.29) is 6.04 Å². The number of hydrogen-bond acceptors (Lipinski definition) is 5. The third-order valence-corrected chi connectivity index (χ3v) is 9.44. The van der Waals surface area contributed by atoms with Gasteiger partial charge in [-0.15, -0.1) is 0 Å². The minimum Gasteiger partial charge on any atom is -0.493 e. The first-order chi connectivity index (χ1) is 15.3. The molecule has 0 spiro atoms. The summed E-state index contributed by atoms with van der Waals surface area (Å²) in [7, 11) is 2.05. The lowest BCUT2D eigenvalue weighted by Crippen LogP contribution is -2.34. The first kappa shape index (κ1) is 22.9. The highest BCUT2D eigenvalue weighted by Gasteiger charge is 2.49. The van der Waals surface area contributed by atoms with Crippen LogP contribution in [0.1, 0.15) is 31.9 Å². The van der Waals surface area contributed by atoms with Crippen molar-refractivity contribution in [1.82, 2.24) is 4.67 Å². The van der Waals surface area contributed by atoms with Gasteiger partial charge in [-0.25, -0.2) is 4.67 Å². The van der Waals surface area contributed by atoms with Crippen LogP contribution >= 0.6 is 7.52 Å². The molecule has 7 heteroatoms. The summed E-state index contributed by atoms with van der Waals surface area (Å²) in [4.78, 5) is 2.09. The van der Waals surface area contributed by atoms with E-state index in [2.05, 4.69) is 35.6 Å². The van der Waals surface area contributed by atoms with E-state index in [9.17, 15) is 4.57 Å². The maximum absolute atomic E-state index is 14.6. The number of benzene rings is 2. The van der Waals surface area contributed by atoms with Crippen molar-refractivity contribution in [1.29, 1.82) is 0 Å². The predicted octanol–water partition coefficient (Wildman–Crippen LogP) is 5.68. The molecule has 6 nitrogen and oxygen atoms in total. The van der Waals surface area contributed by atoms with E-state index in [0.29, 0.717) is 37.0 Å². The lowest BCUT2D eigenvalue weighted by atomic mass is 10.0. The van der Waals surface area contributed by atoms with Crippen molar-refractivity contribution in [2.75, 3.05) is 32.8 Å². The van der Waals surface area contributed by atoms with Crippen LogP contribution in [0.25, 0.3) is 0 Å². The standard InChI is InChI=1S/C25H33N2O4P/c1-17(2)22-16-31-32(28,27(22)15-19-10-8-7-9-11-19)25-13-20-12-23(29-5)24(30-6)14-21(20)26(4)18(25)3/h7-12,14,17,22H,13,15-16H2,1-6H3/t22-,32-/m1/s1. The largest absolute Gasteiger partial charge is 0.493 e. The second kappa shape index (κ2) is 8.93. The van der Waals surface area contributed by atoms with Gasteiger partial charge in [0.05, 0.1) is 26.1 Å². The van der Waals surface area contributed by atoms with E-state index in [1.54, 1.807) is 14.2 Å². The fourth-order valence-electron chi connectivity index (χ4n) is 4.63. The Kier molecular flexibility index (Phi) is 6.39. The van der Waals surface area contributed by atoms with Crippen molar-refractivity contribution >= 4 is 13.2 Å². The Bertz CT molecular complexity index is 1070. The lowest BCUT2D eigenvalue weighted by molar-refractivity contribution is 0.250. The van der Waals surface area contributed by atoms with Crippen LogP contribution < -0.4 is 14.4 Å². The van der Waals surface area contributed by atoms with Gasteiger partial charge >= 0.3 is 7.52 Å². The first-order valence-electron chi connectivity index (χ1n) is 11.0. The molecule has 32 heavy (non-hydrogen) atoms. The summed E-state index contributed by atoms with van der Waals surface area (Å²) in [5.41, 5.74) is 4.19. The van der Waals surface area contributed by atoms with Gasteiger partial charge in [0.1, 0.15) is 0 Å². The molecule has 2 atom stereocenters. The average Bonchev–Trinajstić information content (AvgIpc) is 3.13. The summed E-state index contributed by atoms with van der Waals surface area (Å²) in [5, 5.41) is 0.860. The van der Waals surface area contributed by atoms with Crippen LogP contribution in [-0.2, 0) is 22.1 Å². The van der Waals surface area contributed by atoms with E-state index in [4.69, 9.17) is 14.0 Å². The smallest absolute Gasteiger partial charge is 0.301 e. The highest BCUT2D eigenvalue weighted by Crippen LogP contribution is 2.67. The molecule has 1 saturated heterocycles. The summed E-state index contributed by atoms with van der Waals surface area (Å²) in [6, 6.07) is 14.3. The van der Waals surface area contributed by atoms with Crippen LogP contribution in [0.2, 0.25) is 0 Å². The van der Waals surface area contributed by atoms with E-state index in [1.807, 2.05) is 44.3 Å². The Morgan fingerprint density at radius 2 is 1.78 bits per heavy atom. The zero-order valence-corrected chi connectivity index (χ0v) is 20.7. The van der Waals surface area contributed by atoms with Gasteiger partial charge in [-0.1, -0.05) is 44.2 Å². The highest BCUT2D eigenvalue weighted by atomic mass is 31.2. The number of nitrogens with zero attached hydrogens (tertiary/aromatic N) is 2. The van der Waals surface area contributed by atoms with Gasteiger partial charge in [0.25, 0.3) is 0 Å². The lowest BCUT2D eigenvalue weighted by Gasteiger charge is -2.36. The predicted molar refractivity (Wildman–Crippen MR) is 129 cm³/mol. The number of allylic oxidation sites excluding steroid dienone is 2. The van der Waals surface area contributed by atoms with Gasteiger partial charge in [-0.05, 0) is 30.0 Å². The van der Waals surface area contributed by atoms with E-state index >= 15 is 0 Å². The minimum atomic E-state index is -3.22. The molecule has 0 N–H and O–H groups in total. The molecule has 2 aliphatic rings. The summed E-state index contributed by atoms with van der Waals surface area (Å²) in [6.07, 6.45) is 0.555. The third-order valence-electron chi connectivity index (χ3n) is 6.66. The molecule has 0 aromatic heterocycles. The second-order valence-electron chi connectivity index (χ2n) is 8.81. The maximum atomic E-state index is 14.6. The fourth-order valence-corrected chi connectivity index (χ4v) is 7.61. The zero-order chi connectivity index (χ0) is 23.0. The molecule has 0 bridgehead atoms. The molecule has 2 aromatic rings. The molecular weight excluding hydrogens is 423 g/mol. The number of fused-ring (bicyclic) bond motifs is 1. The normalized spacial score (nSPS) is 23.6. The average molecular weight is 457 g/mol. The molecule has 0 unspecified atom stereocenters. The molecular formula is C25H33N2O4P. The van der Waals surface area contributed by atoms with Crippen molar-refractivity contribution in [2.45, 2.75) is 39.8 Å². The van der Waals surface area contributed by atoms with Crippen LogP contribution in [0.15, 0.2) is 53.5 Å². The van der Waals surface area contributed by atoms with Crippen molar-refractivity contribution in [3.8, 4) is 11.5 Å². The SMILES string of the molecule is COc1cc2c(cc1OC)N(C)C(C)=C([P@@]1(=O)OC[C@H](C(C)C)N1Cc1ccccc1)C2. The highest BCUT2D eigenvalue weighted by molar-refractivity contribution is 7.61. The fraction of sp³-hybridized carbons (Fsp3) is 0.440. The van der Waals surface area contributed by atoms with Gasteiger partial charge in [0.15, 0.2) is 11.5 Å². The van der Waals surface area contributed by atoms with Gasteiger partial charge in [0.2, 0.25) is 0 Å². The van der Waals surface area contributed by atoms with Crippen molar-refractivity contribution in [3.63, 3.8) is 0 Å². The molecule has 2 aliphatic heterocycles. The van der Waals surface area contributed by atoms with Crippen molar-refractivity contribution in [3.05, 3.63) is 64.6 Å². The Hall–Kier alpha value is -2.27. The van der Waals surface area contributed by atoms with Crippen LogP contribution in [-0.4, -0.2) is 38.6 Å². The maximum Gasteiger partial charge on any atom is 0.301 e. The van der Waals surface area contributed by atoms with E-state index in [1.165, 1.54) is 0 Å². The molecule has 2 aromatic carbocycles. The van der Waals surface area contributed by atoms with Crippen LogP contribution in [0, 0.1) is 5.92 Å². The second-order valence-corrected chi connectivity index (χ2v) is 11.2. The van der Waals surface area contributed by atoms with Crippen molar-refractivity contribution < 1.29 is 18.6 Å². The Labute approximate surface area is 191 Å². The topological polar surface area (TPSA) is 51.2 Å². The monoisotopic (exact) mass is 456 g/mol. The molecule has 0 radical (unpaired) electrons. The molecule has 0 aliphatic carbocycles. The Morgan fingerprint density at radius 1 is 1.12 bits per heavy atom. The number of ether oxygens (including phenoxy) is 2. The molecule has 0 amide bonds. The molecule has 0 saturated carbocycles. The Balaban J connectivity index is 1.77. The number of rotatable bonds is 6. The molecule has 172 valence electrons. The number of methoxy groups -OCH3 is 2. The first-order valence-corrected chi connectivity index (χ1v) is 12.6. The van der Waals surface area contributed by atoms with Crippen LogP contribution in [0.3, 0.4) is 0 Å². The molecule has 4 rings (SSSR count). The van der Waals surface area contributed by atoms with Crippen LogP contribution in [0.4, 0.5) is 5.69 Å². The molecule has 1 fully saturated rings. The number of anilines is 1. The Morgan fingerprint density at radius 3 is 2.41 bits per heavy atom. The molecule has 2 heterocycles. The van der Waals surface area contributed by atoms with Gasteiger partial charge in [-0.3, -0.25) is 4.57 Å². The van der Waals surface area contributed by atoms with Crippen molar-refractivity contribution in [2.24, 2.45) is 5.92 Å². The summed E-state index contributed by atoms with van der Waals surface area (Å²) in [6.45, 7) is 7.44. The quantitative estimate of drug-likeness (QED) is 0.522. The van der Waals surface area contributed by atoms with Gasteiger partial charge in [0, 0.05) is 43.5 Å². The third kappa shape index (κ3) is 3.85. The van der Waals surface area contributed by atoms with Gasteiger partial charge < -0.3 is 18.9 Å². The summed E-state index contributed by atoms with van der Waals surface area (Å²) < 4.78 is 34.0. The van der Waals surface area contributed by atoms with E-state index < -0.39 is 7.52 Å². The van der Waals surface area contributed by atoms with E-state index in [0.717, 1.165) is 27.8 Å². The number of hydrogen-bond donors (Lipinski definition) is 0. The summed E-state index contributed by atoms with van der Waals surface area (Å²) >= 11 is 0. The summed E-state index contributed by atoms with van der Waals surface area (Å²) in [5.74, 6) is 1.68. The zero-order valence-electron chi connectivity index (χ0n) is 19.8. The van der Waals surface area contributed by atoms with Gasteiger partial charge in [-0.2, -0.15) is 0 Å². The van der Waals surface area contributed by atoms with Crippen LogP contribution in [0.5, 0.6) is 11.5 Å². The minimum absolute atomic E-state index is 0.0958.